The molecular formula is C10H17N3O2S. The molecule has 5 nitrogen and oxygen atoms in total. The molecule has 1 aromatic rings. The molecule has 0 spiro atoms. The number of aromatic carboxylic acids is 1. The van der Waals surface area contributed by atoms with E-state index in [9.17, 15) is 4.79 Å². The molecule has 1 atom stereocenters. The number of aromatic nitrogens is 2. The van der Waals surface area contributed by atoms with Crippen LogP contribution >= 0.6 is 11.8 Å². The smallest absolute Gasteiger partial charge is 0.339 e. The second-order valence-corrected chi connectivity index (χ2v) is 4.65. The van der Waals surface area contributed by atoms with E-state index in [1.807, 2.05) is 6.92 Å². The van der Waals surface area contributed by atoms with Crippen molar-refractivity contribution in [3.8, 4) is 0 Å². The van der Waals surface area contributed by atoms with E-state index in [1.165, 1.54) is 6.20 Å². The highest BCUT2D eigenvalue weighted by atomic mass is 32.2. The summed E-state index contributed by atoms with van der Waals surface area (Å²) in [6, 6.07) is 0.173. The summed E-state index contributed by atoms with van der Waals surface area (Å²) in [5, 5.41) is 12.9. The Morgan fingerprint density at radius 2 is 2.44 bits per heavy atom. The topological polar surface area (TPSA) is 81.1 Å². The fourth-order valence-corrected chi connectivity index (χ4v) is 2.43. The lowest BCUT2D eigenvalue weighted by atomic mass is 10.3. The van der Waals surface area contributed by atoms with Crippen LogP contribution in [-0.2, 0) is 12.8 Å². The van der Waals surface area contributed by atoms with Crippen LogP contribution in [0.25, 0.3) is 0 Å². The van der Waals surface area contributed by atoms with E-state index in [0.29, 0.717) is 5.75 Å². The first kappa shape index (κ1) is 13.1. The molecule has 0 amide bonds. The Kier molecular flexibility index (Phi) is 4.82. The van der Waals surface area contributed by atoms with Gasteiger partial charge < -0.3 is 10.8 Å². The predicted molar refractivity (Wildman–Crippen MR) is 64.6 cm³/mol. The lowest BCUT2D eigenvalue weighted by Crippen LogP contribution is -2.21. The third-order valence-electron chi connectivity index (χ3n) is 2.39. The third kappa shape index (κ3) is 3.24. The molecule has 0 radical (unpaired) electrons. The minimum Gasteiger partial charge on any atom is -0.478 e. The monoisotopic (exact) mass is 243 g/mol. The number of carbonyl (C=O) groups is 1. The van der Waals surface area contributed by atoms with Gasteiger partial charge >= 0.3 is 5.97 Å². The molecule has 0 saturated carbocycles. The number of nitrogens with two attached hydrogens (primary N) is 1. The first-order valence-corrected chi connectivity index (χ1v) is 6.29. The Balaban J connectivity index is 2.59. The molecule has 0 fully saturated rings. The zero-order chi connectivity index (χ0) is 12.1. The average molecular weight is 243 g/mol. The fraction of sp³-hybridized carbons (Fsp3) is 0.600. The van der Waals surface area contributed by atoms with E-state index >= 15 is 0 Å². The minimum atomic E-state index is -0.927. The van der Waals surface area contributed by atoms with Crippen molar-refractivity contribution in [2.24, 2.45) is 12.8 Å². The van der Waals surface area contributed by atoms with Gasteiger partial charge in [-0.25, -0.2) is 4.79 Å². The zero-order valence-electron chi connectivity index (χ0n) is 9.51. The van der Waals surface area contributed by atoms with Gasteiger partial charge in [0.05, 0.1) is 11.9 Å². The normalized spacial score (nSPS) is 12.7. The quantitative estimate of drug-likeness (QED) is 0.781. The van der Waals surface area contributed by atoms with Crippen molar-refractivity contribution in [1.29, 1.82) is 0 Å². The number of rotatable bonds is 6. The van der Waals surface area contributed by atoms with Crippen LogP contribution in [0.1, 0.15) is 29.4 Å². The van der Waals surface area contributed by atoms with Gasteiger partial charge in [0.1, 0.15) is 5.56 Å². The van der Waals surface area contributed by atoms with Crippen molar-refractivity contribution >= 4 is 17.7 Å². The second-order valence-electron chi connectivity index (χ2n) is 3.62. The number of carboxylic acid groups (broad SMARTS) is 1. The van der Waals surface area contributed by atoms with Crippen molar-refractivity contribution in [2.45, 2.75) is 25.1 Å². The average Bonchev–Trinajstić information content (AvgIpc) is 2.60. The standard InChI is InChI=1S/C10H17N3O2S/c1-3-7(11)5-16-6-9-8(10(14)15)4-12-13(9)2/h4,7H,3,5-6,11H2,1-2H3,(H,14,15). The summed E-state index contributed by atoms with van der Waals surface area (Å²) < 4.78 is 1.61. The minimum absolute atomic E-state index is 0.173. The second kappa shape index (κ2) is 5.91. The van der Waals surface area contributed by atoms with Crippen LogP contribution in [0.5, 0.6) is 0 Å². The highest BCUT2D eigenvalue weighted by Gasteiger charge is 2.14. The molecule has 6 heteroatoms. The molecule has 3 N–H and O–H groups in total. The van der Waals surface area contributed by atoms with Crippen molar-refractivity contribution < 1.29 is 9.90 Å². The first-order valence-electron chi connectivity index (χ1n) is 5.13. The van der Waals surface area contributed by atoms with Gasteiger partial charge in [0.15, 0.2) is 0 Å². The van der Waals surface area contributed by atoms with Gasteiger partial charge in [0.2, 0.25) is 0 Å². The van der Waals surface area contributed by atoms with Crippen LogP contribution in [0.2, 0.25) is 0 Å². The van der Waals surface area contributed by atoms with Gasteiger partial charge in [0, 0.05) is 24.6 Å². The molecule has 1 aromatic heterocycles. The Bertz CT molecular complexity index is 365. The summed E-state index contributed by atoms with van der Waals surface area (Å²) in [6.07, 6.45) is 2.32. The van der Waals surface area contributed by atoms with Crippen LogP contribution in [0.4, 0.5) is 0 Å². The summed E-state index contributed by atoms with van der Waals surface area (Å²) in [6.45, 7) is 2.04. The van der Waals surface area contributed by atoms with Gasteiger partial charge in [-0.3, -0.25) is 4.68 Å². The summed E-state index contributed by atoms with van der Waals surface area (Å²) in [4.78, 5) is 10.9. The molecule has 0 bridgehead atoms. The van der Waals surface area contributed by atoms with E-state index in [1.54, 1.807) is 23.5 Å². The highest BCUT2D eigenvalue weighted by molar-refractivity contribution is 7.98. The van der Waals surface area contributed by atoms with E-state index in [2.05, 4.69) is 5.10 Å². The molecule has 1 heterocycles. The highest BCUT2D eigenvalue weighted by Crippen LogP contribution is 2.16. The summed E-state index contributed by atoms with van der Waals surface area (Å²) >= 11 is 1.64. The zero-order valence-corrected chi connectivity index (χ0v) is 10.3. The van der Waals surface area contributed by atoms with Gasteiger partial charge in [0.25, 0.3) is 0 Å². The van der Waals surface area contributed by atoms with Gasteiger partial charge in [-0.2, -0.15) is 16.9 Å². The molecule has 1 unspecified atom stereocenters. The van der Waals surface area contributed by atoms with E-state index in [4.69, 9.17) is 10.8 Å². The number of aryl methyl sites for hydroxylation is 1. The molecular weight excluding hydrogens is 226 g/mol. The Hall–Kier alpha value is -1.01. The van der Waals surface area contributed by atoms with Crippen LogP contribution < -0.4 is 5.73 Å². The fourth-order valence-electron chi connectivity index (χ4n) is 1.24. The van der Waals surface area contributed by atoms with Crippen molar-refractivity contribution in [1.82, 2.24) is 9.78 Å². The number of hydrogen-bond acceptors (Lipinski definition) is 4. The summed E-state index contributed by atoms with van der Waals surface area (Å²) in [7, 11) is 1.75. The Morgan fingerprint density at radius 3 is 3.00 bits per heavy atom. The first-order chi connectivity index (χ1) is 7.56. The molecule has 90 valence electrons. The van der Waals surface area contributed by atoms with Crippen LogP contribution in [0.15, 0.2) is 6.20 Å². The Morgan fingerprint density at radius 1 is 1.75 bits per heavy atom. The number of thioether (sulfide) groups is 1. The van der Waals surface area contributed by atoms with Crippen LogP contribution in [0, 0.1) is 0 Å². The van der Waals surface area contributed by atoms with Gasteiger partial charge in [-0.15, -0.1) is 0 Å². The lowest BCUT2D eigenvalue weighted by molar-refractivity contribution is 0.0696. The summed E-state index contributed by atoms with van der Waals surface area (Å²) in [5.74, 6) is 0.538. The maximum atomic E-state index is 10.9. The predicted octanol–water partition coefficient (Wildman–Crippen LogP) is 1.09. The number of carboxylic acids is 1. The lowest BCUT2D eigenvalue weighted by Gasteiger charge is -2.08. The van der Waals surface area contributed by atoms with E-state index < -0.39 is 5.97 Å². The molecule has 0 saturated heterocycles. The molecule has 0 aliphatic carbocycles. The van der Waals surface area contributed by atoms with Gasteiger partial charge in [-0.1, -0.05) is 6.92 Å². The van der Waals surface area contributed by atoms with Crippen molar-refractivity contribution in [2.75, 3.05) is 5.75 Å². The summed E-state index contributed by atoms with van der Waals surface area (Å²) in [5.41, 5.74) is 6.80. The molecule has 1 rings (SSSR count). The van der Waals surface area contributed by atoms with Crippen LogP contribution in [0.3, 0.4) is 0 Å². The molecule has 0 aliphatic heterocycles. The Labute approximate surface area is 99.0 Å². The van der Waals surface area contributed by atoms with Crippen LogP contribution in [-0.4, -0.2) is 32.7 Å². The molecule has 16 heavy (non-hydrogen) atoms. The maximum Gasteiger partial charge on any atom is 0.339 e. The molecule has 0 aliphatic rings. The van der Waals surface area contributed by atoms with Crippen molar-refractivity contribution in [3.05, 3.63) is 17.5 Å². The SMILES string of the molecule is CCC(N)CSCc1c(C(=O)O)cnn1C. The number of nitrogens with zero attached hydrogens (tertiary/aromatic N) is 2. The third-order valence-corrected chi connectivity index (χ3v) is 3.53. The molecule has 0 aromatic carbocycles. The largest absolute Gasteiger partial charge is 0.478 e. The number of hydrogen-bond donors (Lipinski definition) is 2. The van der Waals surface area contributed by atoms with E-state index in [-0.39, 0.29) is 11.6 Å². The van der Waals surface area contributed by atoms with E-state index in [0.717, 1.165) is 17.9 Å². The van der Waals surface area contributed by atoms with Crippen molar-refractivity contribution in [3.63, 3.8) is 0 Å². The van der Waals surface area contributed by atoms with Gasteiger partial charge in [-0.05, 0) is 6.42 Å². The maximum absolute atomic E-state index is 10.9.